The lowest BCUT2D eigenvalue weighted by atomic mass is 9.96. The first-order valence-corrected chi connectivity index (χ1v) is 8.37. The van der Waals surface area contributed by atoms with Crippen LogP contribution in [0, 0.1) is 19.3 Å². The van der Waals surface area contributed by atoms with Gasteiger partial charge in [0.1, 0.15) is 0 Å². The summed E-state index contributed by atoms with van der Waals surface area (Å²) < 4.78 is 26.9. The van der Waals surface area contributed by atoms with Gasteiger partial charge in [-0.25, -0.2) is 13.1 Å². The van der Waals surface area contributed by atoms with Crippen LogP contribution in [0.4, 0.5) is 0 Å². The summed E-state index contributed by atoms with van der Waals surface area (Å²) in [5.41, 5.74) is 1.25. The molecule has 1 aromatic rings. The Hall–Kier alpha value is -1.40. The first-order chi connectivity index (χ1) is 9.54. The predicted molar refractivity (Wildman–Crippen MR) is 83.6 cm³/mol. The van der Waals surface area contributed by atoms with Gasteiger partial charge in [0.25, 0.3) is 0 Å². The summed E-state index contributed by atoms with van der Waals surface area (Å²) in [6, 6.07) is 5.19. The maximum atomic E-state index is 12.2. The predicted octanol–water partition coefficient (Wildman–Crippen LogP) is 1.74. The van der Waals surface area contributed by atoms with E-state index in [1.807, 2.05) is 33.8 Å². The summed E-state index contributed by atoms with van der Waals surface area (Å²) in [7, 11) is -3.54. The fourth-order valence-corrected chi connectivity index (χ4v) is 3.06. The zero-order valence-corrected chi connectivity index (χ0v) is 14.1. The molecule has 1 rings (SSSR count). The molecule has 118 valence electrons. The molecule has 0 radical (unpaired) electrons. The van der Waals surface area contributed by atoms with Gasteiger partial charge in [0, 0.05) is 18.5 Å². The Labute approximate surface area is 127 Å². The molecular weight excluding hydrogens is 288 g/mol. The fourth-order valence-electron chi connectivity index (χ4n) is 1.81. The lowest BCUT2D eigenvalue weighted by Gasteiger charge is -2.17. The third kappa shape index (κ3) is 5.13. The Bertz CT molecular complexity index is 616. The summed E-state index contributed by atoms with van der Waals surface area (Å²) in [6.45, 7) is 9.53. The van der Waals surface area contributed by atoms with Gasteiger partial charge in [0.05, 0.1) is 4.90 Å². The van der Waals surface area contributed by atoms with Crippen molar-refractivity contribution in [1.82, 2.24) is 10.0 Å². The van der Waals surface area contributed by atoms with Crippen molar-refractivity contribution < 1.29 is 13.2 Å². The van der Waals surface area contributed by atoms with Crippen molar-refractivity contribution in [2.75, 3.05) is 13.1 Å². The number of sulfonamides is 1. The molecular formula is C15H24N2O3S. The SMILES string of the molecule is Cc1ccc(S(=O)(=O)NCCNC(=O)C(C)(C)C)c(C)c1. The van der Waals surface area contributed by atoms with E-state index in [4.69, 9.17) is 0 Å². The highest BCUT2D eigenvalue weighted by Gasteiger charge is 2.21. The second-order valence-corrected chi connectivity index (χ2v) is 7.91. The minimum Gasteiger partial charge on any atom is -0.354 e. The van der Waals surface area contributed by atoms with Gasteiger partial charge in [-0.15, -0.1) is 0 Å². The van der Waals surface area contributed by atoms with Crippen molar-refractivity contribution in [3.05, 3.63) is 29.3 Å². The smallest absolute Gasteiger partial charge is 0.240 e. The molecule has 1 amide bonds. The Balaban J connectivity index is 2.60. The van der Waals surface area contributed by atoms with Crippen LogP contribution < -0.4 is 10.0 Å². The number of aryl methyl sites for hydroxylation is 2. The summed E-state index contributed by atoms with van der Waals surface area (Å²) in [5, 5.41) is 2.70. The molecule has 0 aliphatic rings. The van der Waals surface area contributed by atoms with E-state index >= 15 is 0 Å². The van der Waals surface area contributed by atoms with Crippen molar-refractivity contribution in [3.63, 3.8) is 0 Å². The molecule has 21 heavy (non-hydrogen) atoms. The minimum absolute atomic E-state index is 0.104. The molecule has 0 fully saturated rings. The number of carbonyl (C=O) groups excluding carboxylic acids is 1. The minimum atomic E-state index is -3.54. The number of benzene rings is 1. The lowest BCUT2D eigenvalue weighted by molar-refractivity contribution is -0.128. The van der Waals surface area contributed by atoms with E-state index in [0.29, 0.717) is 5.56 Å². The quantitative estimate of drug-likeness (QED) is 0.813. The molecule has 5 nitrogen and oxygen atoms in total. The van der Waals surface area contributed by atoms with Gasteiger partial charge in [0.2, 0.25) is 15.9 Å². The zero-order valence-electron chi connectivity index (χ0n) is 13.3. The highest BCUT2D eigenvalue weighted by Crippen LogP contribution is 2.16. The molecule has 0 bridgehead atoms. The van der Waals surface area contributed by atoms with Crippen LogP contribution in [0.15, 0.2) is 23.1 Å². The standard InChI is InChI=1S/C15H24N2O3S/c1-11-6-7-13(12(2)10-11)21(19,20)17-9-8-16-14(18)15(3,4)5/h6-7,10,17H,8-9H2,1-5H3,(H,16,18). The lowest BCUT2D eigenvalue weighted by Crippen LogP contribution is -2.39. The van der Waals surface area contributed by atoms with Crippen LogP contribution in [0.5, 0.6) is 0 Å². The Morgan fingerprint density at radius 2 is 1.76 bits per heavy atom. The van der Waals surface area contributed by atoms with Crippen LogP contribution in [0.3, 0.4) is 0 Å². The number of hydrogen-bond donors (Lipinski definition) is 2. The number of carbonyl (C=O) groups is 1. The summed E-state index contributed by atoms with van der Waals surface area (Å²) >= 11 is 0. The normalized spacial score (nSPS) is 12.2. The van der Waals surface area contributed by atoms with Crippen molar-refractivity contribution in [1.29, 1.82) is 0 Å². The molecule has 0 aromatic heterocycles. The van der Waals surface area contributed by atoms with E-state index in [2.05, 4.69) is 10.0 Å². The van der Waals surface area contributed by atoms with Gasteiger partial charge < -0.3 is 5.32 Å². The maximum Gasteiger partial charge on any atom is 0.240 e. The highest BCUT2D eigenvalue weighted by atomic mass is 32.2. The topological polar surface area (TPSA) is 75.3 Å². The van der Waals surface area contributed by atoms with E-state index in [0.717, 1.165) is 5.56 Å². The van der Waals surface area contributed by atoms with Crippen LogP contribution in [-0.4, -0.2) is 27.4 Å². The Morgan fingerprint density at radius 3 is 2.29 bits per heavy atom. The van der Waals surface area contributed by atoms with Crippen molar-refractivity contribution >= 4 is 15.9 Å². The average Bonchev–Trinajstić information content (AvgIpc) is 2.32. The molecule has 1 aromatic carbocycles. The molecule has 0 unspecified atom stereocenters. The fraction of sp³-hybridized carbons (Fsp3) is 0.533. The van der Waals surface area contributed by atoms with Crippen LogP contribution >= 0.6 is 0 Å². The van der Waals surface area contributed by atoms with Gasteiger partial charge in [-0.05, 0) is 25.5 Å². The molecule has 2 N–H and O–H groups in total. The van der Waals surface area contributed by atoms with E-state index < -0.39 is 15.4 Å². The van der Waals surface area contributed by atoms with E-state index in [-0.39, 0.29) is 23.9 Å². The van der Waals surface area contributed by atoms with Crippen molar-refractivity contribution in [2.24, 2.45) is 5.41 Å². The molecule has 0 heterocycles. The molecule has 0 spiro atoms. The molecule has 0 aliphatic carbocycles. The maximum absolute atomic E-state index is 12.2. The molecule has 0 saturated carbocycles. The van der Waals surface area contributed by atoms with Gasteiger partial charge in [-0.3, -0.25) is 4.79 Å². The summed E-state index contributed by atoms with van der Waals surface area (Å²) in [5.74, 6) is -0.104. The molecule has 0 saturated heterocycles. The third-order valence-corrected chi connectivity index (χ3v) is 4.63. The van der Waals surface area contributed by atoms with Crippen molar-refractivity contribution in [2.45, 2.75) is 39.5 Å². The first kappa shape index (κ1) is 17.7. The third-order valence-electron chi connectivity index (χ3n) is 3.00. The van der Waals surface area contributed by atoms with Crippen molar-refractivity contribution in [3.8, 4) is 0 Å². The second-order valence-electron chi connectivity index (χ2n) is 6.17. The van der Waals surface area contributed by atoms with Crippen LogP contribution in [-0.2, 0) is 14.8 Å². The van der Waals surface area contributed by atoms with Crippen LogP contribution in [0.1, 0.15) is 31.9 Å². The molecule has 0 aliphatic heterocycles. The average molecular weight is 312 g/mol. The summed E-state index contributed by atoms with van der Waals surface area (Å²) in [6.07, 6.45) is 0. The van der Waals surface area contributed by atoms with Crippen LogP contribution in [0.25, 0.3) is 0 Å². The van der Waals surface area contributed by atoms with Gasteiger partial charge in [-0.1, -0.05) is 38.5 Å². The van der Waals surface area contributed by atoms with Crippen LogP contribution in [0.2, 0.25) is 0 Å². The van der Waals surface area contributed by atoms with E-state index in [1.54, 1.807) is 19.1 Å². The van der Waals surface area contributed by atoms with Gasteiger partial charge in [0.15, 0.2) is 0 Å². The number of hydrogen-bond acceptors (Lipinski definition) is 3. The number of amides is 1. The first-order valence-electron chi connectivity index (χ1n) is 6.89. The molecule has 6 heteroatoms. The van der Waals surface area contributed by atoms with Gasteiger partial charge >= 0.3 is 0 Å². The second kappa shape index (κ2) is 6.58. The largest absolute Gasteiger partial charge is 0.354 e. The summed E-state index contributed by atoms with van der Waals surface area (Å²) in [4.78, 5) is 11.9. The highest BCUT2D eigenvalue weighted by molar-refractivity contribution is 7.89. The Kier molecular flexibility index (Phi) is 5.53. The monoisotopic (exact) mass is 312 g/mol. The Morgan fingerprint density at radius 1 is 1.14 bits per heavy atom. The van der Waals surface area contributed by atoms with E-state index in [1.165, 1.54) is 0 Å². The zero-order chi connectivity index (χ0) is 16.3. The number of nitrogens with one attached hydrogen (secondary N) is 2. The van der Waals surface area contributed by atoms with Gasteiger partial charge in [-0.2, -0.15) is 0 Å². The van der Waals surface area contributed by atoms with E-state index in [9.17, 15) is 13.2 Å². The number of rotatable bonds is 5. The molecule has 0 atom stereocenters.